The van der Waals surface area contributed by atoms with Crippen LogP contribution in [0.15, 0.2) is 75.9 Å². The molecule has 1 saturated carbocycles. The molecule has 1 N–H and O–H groups in total. The van der Waals surface area contributed by atoms with Crippen molar-refractivity contribution in [3.63, 3.8) is 0 Å². The molecule has 7 nitrogen and oxygen atoms in total. The van der Waals surface area contributed by atoms with Gasteiger partial charge in [0.1, 0.15) is 28.8 Å². The Morgan fingerprint density at radius 1 is 1.03 bits per heavy atom. The average Bonchev–Trinajstić information content (AvgIpc) is 2.89. The smallest absolute Gasteiger partial charge is 0.408 e. The molecule has 0 atom stereocenters. The molecule has 0 unspecified atom stereocenters. The zero-order valence-corrected chi connectivity index (χ0v) is 22.5. The van der Waals surface area contributed by atoms with Gasteiger partial charge in [-0.1, -0.05) is 54.6 Å². The lowest BCUT2D eigenvalue weighted by Crippen LogP contribution is -2.52. The van der Waals surface area contributed by atoms with E-state index in [0.29, 0.717) is 33.6 Å². The monoisotopic (exact) mass is 522 g/mol. The van der Waals surface area contributed by atoms with Gasteiger partial charge in [0, 0.05) is 11.6 Å². The second-order valence-corrected chi connectivity index (χ2v) is 10.8. The van der Waals surface area contributed by atoms with Crippen LogP contribution in [0.25, 0.3) is 33.4 Å². The Balaban J connectivity index is 1.62. The summed E-state index contributed by atoms with van der Waals surface area (Å²) in [6.45, 7) is 5.51. The zero-order valence-electron chi connectivity index (χ0n) is 22.5. The highest BCUT2D eigenvalue weighted by molar-refractivity contribution is 5.90. The zero-order chi connectivity index (χ0) is 27.8. The predicted molar refractivity (Wildman–Crippen MR) is 150 cm³/mol. The molecule has 1 aliphatic rings. The van der Waals surface area contributed by atoms with E-state index < -0.39 is 17.2 Å². The largest absolute Gasteiger partial charge is 0.495 e. The normalized spacial score (nSPS) is 14.2. The maximum Gasteiger partial charge on any atom is 0.408 e. The van der Waals surface area contributed by atoms with Crippen molar-refractivity contribution >= 4 is 17.1 Å². The average molecular weight is 523 g/mol. The molecule has 1 aromatic heterocycles. The van der Waals surface area contributed by atoms with Crippen molar-refractivity contribution in [2.45, 2.75) is 51.2 Å². The Hall–Kier alpha value is -4.57. The van der Waals surface area contributed by atoms with Gasteiger partial charge in [-0.05, 0) is 57.2 Å². The van der Waals surface area contributed by atoms with Gasteiger partial charge in [-0.25, -0.2) is 4.79 Å². The lowest BCUT2D eigenvalue weighted by molar-refractivity contribution is 0.0377. The first-order valence-electron chi connectivity index (χ1n) is 12.9. The second kappa shape index (κ2) is 9.95. The van der Waals surface area contributed by atoms with Crippen molar-refractivity contribution in [1.82, 2.24) is 5.32 Å². The molecule has 198 valence electrons. The fourth-order valence-electron chi connectivity index (χ4n) is 5.00. The van der Waals surface area contributed by atoms with Gasteiger partial charge in [-0.2, -0.15) is 5.26 Å². The van der Waals surface area contributed by atoms with Crippen molar-refractivity contribution in [3.8, 4) is 34.3 Å². The highest BCUT2D eigenvalue weighted by Gasteiger charge is 2.41. The van der Waals surface area contributed by atoms with Crippen LogP contribution >= 0.6 is 0 Å². The molecule has 0 spiro atoms. The molecule has 0 saturated heterocycles. The van der Waals surface area contributed by atoms with Crippen LogP contribution in [0.1, 0.15) is 51.2 Å². The molecule has 1 amide bonds. The number of carbonyl (C=O) groups is 1. The summed E-state index contributed by atoms with van der Waals surface area (Å²) in [5.41, 5.74) is 2.03. The van der Waals surface area contributed by atoms with Gasteiger partial charge < -0.3 is 19.2 Å². The highest BCUT2D eigenvalue weighted by atomic mass is 16.6. The summed E-state index contributed by atoms with van der Waals surface area (Å²) in [4.78, 5) is 26.5. The van der Waals surface area contributed by atoms with Crippen molar-refractivity contribution in [2.75, 3.05) is 7.11 Å². The van der Waals surface area contributed by atoms with Crippen molar-refractivity contribution < 1.29 is 18.7 Å². The van der Waals surface area contributed by atoms with Crippen molar-refractivity contribution in [1.29, 1.82) is 5.26 Å². The topological polar surface area (TPSA) is 102 Å². The molecule has 0 aliphatic heterocycles. The molecule has 0 bridgehead atoms. The number of alkyl carbamates (subject to hydrolysis) is 1. The van der Waals surface area contributed by atoms with Crippen LogP contribution in [0.4, 0.5) is 4.79 Å². The number of fused-ring (bicyclic) bond motifs is 1. The van der Waals surface area contributed by atoms with Gasteiger partial charge in [0.25, 0.3) is 0 Å². The molecular formula is C32H30N2O5. The van der Waals surface area contributed by atoms with E-state index in [4.69, 9.17) is 13.9 Å². The quantitative estimate of drug-likeness (QED) is 0.306. The van der Waals surface area contributed by atoms with E-state index in [0.717, 1.165) is 30.4 Å². The molecule has 1 aliphatic carbocycles. The summed E-state index contributed by atoms with van der Waals surface area (Å²) < 4.78 is 17.2. The number of amides is 1. The van der Waals surface area contributed by atoms with E-state index in [-0.39, 0.29) is 11.0 Å². The third-order valence-corrected chi connectivity index (χ3v) is 7.04. The molecule has 3 aromatic carbocycles. The Morgan fingerprint density at radius 2 is 1.72 bits per heavy atom. The molecule has 39 heavy (non-hydrogen) atoms. The van der Waals surface area contributed by atoms with E-state index in [9.17, 15) is 14.9 Å². The maximum atomic E-state index is 13.9. The minimum atomic E-state index is -0.591. The standard InChI is InChI=1S/C32H30N2O5/c1-31(2,3)39-30(36)34-32(15-8-16-32)23-13-11-20(12-14-23)27-28(35)24-17-22(19-33)25(37-4)18-26(24)38-29(27)21-9-6-5-7-10-21/h5-7,9-14,17-18H,8,15-16H2,1-4H3,(H,34,36). The third-order valence-electron chi connectivity index (χ3n) is 7.04. The first-order chi connectivity index (χ1) is 18.6. The van der Waals surface area contributed by atoms with Gasteiger partial charge in [-0.15, -0.1) is 0 Å². The lowest BCUT2D eigenvalue weighted by atomic mass is 9.71. The van der Waals surface area contributed by atoms with Crippen LogP contribution in [0.2, 0.25) is 0 Å². The second-order valence-electron chi connectivity index (χ2n) is 10.8. The maximum absolute atomic E-state index is 13.9. The van der Waals surface area contributed by atoms with Crippen molar-refractivity contribution in [2.24, 2.45) is 0 Å². The molecule has 1 heterocycles. The molecule has 1 fully saturated rings. The number of carbonyl (C=O) groups excluding carboxylic acids is 1. The minimum absolute atomic E-state index is 0.243. The summed E-state index contributed by atoms with van der Waals surface area (Å²) >= 11 is 0. The predicted octanol–water partition coefficient (Wildman–Crippen LogP) is 6.91. The number of nitrogens with zero attached hydrogens (tertiary/aromatic N) is 1. The number of nitriles is 1. The Labute approximate surface area is 227 Å². The van der Waals surface area contributed by atoms with Crippen LogP contribution < -0.4 is 15.5 Å². The molecule has 4 aromatic rings. The van der Waals surface area contributed by atoms with Crippen LogP contribution in [0, 0.1) is 11.3 Å². The summed E-state index contributed by atoms with van der Waals surface area (Å²) in [5.74, 6) is 0.769. The molecule has 0 radical (unpaired) electrons. The highest BCUT2D eigenvalue weighted by Crippen LogP contribution is 2.42. The number of ether oxygens (including phenoxy) is 2. The minimum Gasteiger partial charge on any atom is -0.495 e. The van der Waals surface area contributed by atoms with Crippen LogP contribution in [0.3, 0.4) is 0 Å². The van der Waals surface area contributed by atoms with Gasteiger partial charge >= 0.3 is 6.09 Å². The molecular weight excluding hydrogens is 492 g/mol. The Morgan fingerprint density at radius 3 is 2.28 bits per heavy atom. The molecule has 5 rings (SSSR count). The lowest BCUT2D eigenvalue weighted by Gasteiger charge is -2.43. The van der Waals surface area contributed by atoms with Gasteiger partial charge in [0.2, 0.25) is 5.43 Å². The van der Waals surface area contributed by atoms with E-state index in [1.54, 1.807) is 6.07 Å². The first kappa shape index (κ1) is 26.1. The van der Waals surface area contributed by atoms with E-state index in [1.165, 1.54) is 13.2 Å². The number of hydrogen-bond donors (Lipinski definition) is 1. The van der Waals surface area contributed by atoms with Gasteiger partial charge in [0.05, 0.1) is 29.2 Å². The summed E-state index contributed by atoms with van der Waals surface area (Å²) in [5, 5.41) is 13.0. The number of hydrogen-bond acceptors (Lipinski definition) is 6. The number of benzene rings is 3. The number of methoxy groups -OCH3 is 1. The summed E-state index contributed by atoms with van der Waals surface area (Å²) in [6.07, 6.45) is 2.15. The third kappa shape index (κ3) is 4.98. The molecule has 7 heteroatoms. The Kier molecular flexibility index (Phi) is 6.65. The summed E-state index contributed by atoms with van der Waals surface area (Å²) in [6, 6.07) is 22.3. The van der Waals surface area contributed by atoms with E-state index in [2.05, 4.69) is 11.4 Å². The van der Waals surface area contributed by atoms with Crippen LogP contribution in [0.5, 0.6) is 5.75 Å². The first-order valence-corrected chi connectivity index (χ1v) is 12.9. The SMILES string of the molecule is COc1cc2oc(-c3ccccc3)c(-c3ccc(C4(NC(=O)OC(C)(C)C)CCC4)cc3)c(=O)c2cc1C#N. The number of nitrogens with one attached hydrogen (secondary N) is 1. The van der Waals surface area contributed by atoms with Gasteiger partial charge in [-0.3, -0.25) is 4.79 Å². The fraction of sp³-hybridized carbons (Fsp3) is 0.281. The van der Waals surface area contributed by atoms with E-state index in [1.807, 2.05) is 75.4 Å². The van der Waals surface area contributed by atoms with E-state index >= 15 is 0 Å². The van der Waals surface area contributed by atoms with Gasteiger partial charge in [0.15, 0.2) is 0 Å². The fourth-order valence-corrected chi connectivity index (χ4v) is 5.00. The van der Waals surface area contributed by atoms with Crippen LogP contribution in [-0.2, 0) is 10.3 Å². The Bertz CT molecular complexity index is 1640. The summed E-state index contributed by atoms with van der Waals surface area (Å²) in [7, 11) is 1.47. The number of rotatable bonds is 5. The van der Waals surface area contributed by atoms with Crippen LogP contribution in [-0.4, -0.2) is 18.8 Å². The van der Waals surface area contributed by atoms with Crippen molar-refractivity contribution in [3.05, 3.63) is 88.1 Å².